The molecule has 94 valence electrons. The fraction of sp³-hybridized carbons (Fsp3) is 0.357. The number of halogens is 1. The number of aromatic nitrogens is 1. The van der Waals surface area contributed by atoms with Gasteiger partial charge >= 0.3 is 0 Å². The predicted octanol–water partition coefficient (Wildman–Crippen LogP) is 1.80. The Morgan fingerprint density at radius 3 is 2.94 bits per heavy atom. The van der Waals surface area contributed by atoms with Crippen molar-refractivity contribution in [1.82, 2.24) is 9.88 Å². The third-order valence-electron chi connectivity index (χ3n) is 3.48. The van der Waals surface area contributed by atoms with Crippen LogP contribution >= 0.6 is 0 Å². The van der Waals surface area contributed by atoms with Gasteiger partial charge in [-0.3, -0.25) is 9.88 Å². The summed E-state index contributed by atoms with van der Waals surface area (Å²) in [6, 6.07) is 6.81. The fourth-order valence-corrected chi connectivity index (χ4v) is 2.49. The van der Waals surface area contributed by atoms with Crippen molar-refractivity contribution >= 4 is 10.9 Å². The molecule has 0 amide bonds. The Hall–Kier alpha value is -1.52. The van der Waals surface area contributed by atoms with E-state index in [2.05, 4.69) is 9.88 Å². The maximum atomic E-state index is 13.6. The van der Waals surface area contributed by atoms with E-state index in [1.165, 1.54) is 6.07 Å². The van der Waals surface area contributed by atoms with E-state index in [0.29, 0.717) is 11.3 Å². The van der Waals surface area contributed by atoms with Gasteiger partial charge in [-0.15, -0.1) is 0 Å². The average Bonchev–Trinajstić information content (AvgIpc) is 2.36. The number of pyridine rings is 1. The van der Waals surface area contributed by atoms with E-state index < -0.39 is 0 Å². The predicted molar refractivity (Wildman–Crippen MR) is 67.6 cm³/mol. The molecule has 0 atom stereocenters. The lowest BCUT2D eigenvalue weighted by Crippen LogP contribution is -2.47. The minimum Gasteiger partial charge on any atom is -0.396 e. The number of benzene rings is 1. The van der Waals surface area contributed by atoms with Crippen LogP contribution in [-0.4, -0.2) is 34.7 Å². The highest BCUT2D eigenvalue weighted by Gasteiger charge is 2.26. The summed E-state index contributed by atoms with van der Waals surface area (Å²) < 4.78 is 13.6. The molecule has 0 bridgehead atoms. The molecule has 3 nitrogen and oxygen atoms in total. The van der Waals surface area contributed by atoms with Crippen molar-refractivity contribution in [1.29, 1.82) is 0 Å². The van der Waals surface area contributed by atoms with Gasteiger partial charge < -0.3 is 5.11 Å². The standard InChI is InChI=1S/C14H15FN2O/c15-13-4-3-11(8-17-6-10(7-17)9-18)14-12(13)2-1-5-16-14/h1-5,10,18H,6-9H2. The zero-order valence-corrected chi connectivity index (χ0v) is 10.0. The first-order valence-corrected chi connectivity index (χ1v) is 6.13. The Bertz CT molecular complexity index is 567. The molecule has 1 aliphatic heterocycles. The number of hydrogen-bond donors (Lipinski definition) is 1. The number of hydrogen-bond acceptors (Lipinski definition) is 3. The number of nitrogens with zero attached hydrogens (tertiary/aromatic N) is 2. The van der Waals surface area contributed by atoms with Crippen molar-refractivity contribution in [2.24, 2.45) is 5.92 Å². The van der Waals surface area contributed by atoms with Crippen LogP contribution in [-0.2, 0) is 6.54 Å². The summed E-state index contributed by atoms with van der Waals surface area (Å²) in [4.78, 5) is 6.51. The largest absolute Gasteiger partial charge is 0.396 e. The summed E-state index contributed by atoms with van der Waals surface area (Å²) in [7, 11) is 0. The Morgan fingerprint density at radius 2 is 2.17 bits per heavy atom. The van der Waals surface area contributed by atoms with E-state index >= 15 is 0 Å². The van der Waals surface area contributed by atoms with Crippen LogP contribution in [0.4, 0.5) is 4.39 Å². The number of rotatable bonds is 3. The minimum atomic E-state index is -0.223. The number of likely N-dealkylation sites (tertiary alicyclic amines) is 1. The molecule has 1 aromatic heterocycles. The molecule has 0 saturated carbocycles. The van der Waals surface area contributed by atoms with E-state index in [4.69, 9.17) is 5.11 Å². The van der Waals surface area contributed by atoms with Gasteiger partial charge in [0.25, 0.3) is 0 Å². The van der Waals surface area contributed by atoms with Gasteiger partial charge in [-0.2, -0.15) is 0 Å². The van der Waals surface area contributed by atoms with Crippen LogP contribution in [0.3, 0.4) is 0 Å². The van der Waals surface area contributed by atoms with Gasteiger partial charge in [-0.05, 0) is 23.8 Å². The minimum absolute atomic E-state index is 0.223. The van der Waals surface area contributed by atoms with E-state index in [1.807, 2.05) is 0 Å². The van der Waals surface area contributed by atoms with Gasteiger partial charge in [0.05, 0.1) is 5.52 Å². The Labute approximate surface area is 105 Å². The molecule has 18 heavy (non-hydrogen) atoms. The SMILES string of the molecule is OCC1CN(Cc2ccc(F)c3cccnc23)C1. The van der Waals surface area contributed by atoms with Gasteiger partial charge in [-0.25, -0.2) is 4.39 Å². The van der Waals surface area contributed by atoms with Crippen LogP contribution in [0.1, 0.15) is 5.56 Å². The number of fused-ring (bicyclic) bond motifs is 1. The second-order valence-electron chi connectivity index (χ2n) is 4.85. The maximum Gasteiger partial charge on any atom is 0.132 e. The molecule has 1 aliphatic rings. The quantitative estimate of drug-likeness (QED) is 0.897. The van der Waals surface area contributed by atoms with E-state index in [1.54, 1.807) is 24.4 Å². The molecule has 2 aromatic rings. The average molecular weight is 246 g/mol. The smallest absolute Gasteiger partial charge is 0.132 e. The van der Waals surface area contributed by atoms with Crippen LogP contribution in [0.2, 0.25) is 0 Å². The third-order valence-corrected chi connectivity index (χ3v) is 3.48. The molecule has 0 radical (unpaired) electrons. The summed E-state index contributed by atoms with van der Waals surface area (Å²) >= 11 is 0. The molecule has 1 aromatic carbocycles. The number of aliphatic hydroxyl groups is 1. The molecule has 1 saturated heterocycles. The van der Waals surface area contributed by atoms with E-state index in [0.717, 1.165) is 30.7 Å². The van der Waals surface area contributed by atoms with Crippen LogP contribution < -0.4 is 0 Å². The maximum absolute atomic E-state index is 13.6. The zero-order valence-electron chi connectivity index (χ0n) is 10.0. The van der Waals surface area contributed by atoms with Gasteiger partial charge in [0.2, 0.25) is 0 Å². The second-order valence-corrected chi connectivity index (χ2v) is 4.85. The molecular formula is C14H15FN2O. The summed E-state index contributed by atoms with van der Waals surface area (Å²) in [5, 5.41) is 9.57. The van der Waals surface area contributed by atoms with Crippen LogP contribution in [0.15, 0.2) is 30.5 Å². The molecular weight excluding hydrogens is 231 g/mol. The fourth-order valence-electron chi connectivity index (χ4n) is 2.49. The first kappa shape index (κ1) is 11.6. The lowest BCUT2D eigenvalue weighted by Gasteiger charge is -2.38. The topological polar surface area (TPSA) is 36.4 Å². The highest BCUT2D eigenvalue weighted by atomic mass is 19.1. The molecule has 4 heteroatoms. The van der Waals surface area contributed by atoms with Gasteiger partial charge in [0, 0.05) is 43.7 Å². The third kappa shape index (κ3) is 1.98. The Morgan fingerprint density at radius 1 is 1.33 bits per heavy atom. The molecule has 0 spiro atoms. The molecule has 1 N–H and O–H groups in total. The number of aliphatic hydroxyl groups excluding tert-OH is 1. The van der Waals surface area contributed by atoms with Gasteiger partial charge in [-0.1, -0.05) is 6.07 Å². The normalized spacial score (nSPS) is 17.0. The monoisotopic (exact) mass is 246 g/mol. The Kier molecular flexibility index (Phi) is 2.97. The lowest BCUT2D eigenvalue weighted by molar-refractivity contribution is 0.0482. The van der Waals surface area contributed by atoms with E-state index in [-0.39, 0.29) is 12.4 Å². The van der Waals surface area contributed by atoms with Crippen molar-refractivity contribution in [2.75, 3.05) is 19.7 Å². The zero-order chi connectivity index (χ0) is 12.5. The molecule has 2 heterocycles. The van der Waals surface area contributed by atoms with Crippen molar-refractivity contribution in [3.8, 4) is 0 Å². The molecule has 0 aliphatic carbocycles. The highest BCUT2D eigenvalue weighted by Crippen LogP contribution is 2.24. The van der Waals surface area contributed by atoms with Crippen molar-refractivity contribution < 1.29 is 9.50 Å². The summed E-state index contributed by atoms with van der Waals surface area (Å²) in [5.41, 5.74) is 1.79. The van der Waals surface area contributed by atoms with Gasteiger partial charge in [0.1, 0.15) is 5.82 Å². The molecule has 1 fully saturated rings. The Balaban J connectivity index is 1.87. The lowest BCUT2D eigenvalue weighted by atomic mass is 9.99. The summed E-state index contributed by atoms with van der Waals surface area (Å²) in [6.07, 6.45) is 1.69. The van der Waals surface area contributed by atoms with Crippen LogP contribution in [0.5, 0.6) is 0 Å². The van der Waals surface area contributed by atoms with Gasteiger partial charge in [0.15, 0.2) is 0 Å². The summed E-state index contributed by atoms with van der Waals surface area (Å²) in [5.74, 6) is 0.170. The molecule has 0 unspecified atom stereocenters. The first-order chi connectivity index (χ1) is 8.78. The van der Waals surface area contributed by atoms with Crippen LogP contribution in [0, 0.1) is 11.7 Å². The van der Waals surface area contributed by atoms with Crippen LogP contribution in [0.25, 0.3) is 10.9 Å². The van der Waals surface area contributed by atoms with E-state index in [9.17, 15) is 4.39 Å². The first-order valence-electron chi connectivity index (χ1n) is 6.13. The highest BCUT2D eigenvalue weighted by molar-refractivity contribution is 5.82. The van der Waals surface area contributed by atoms with Crippen molar-refractivity contribution in [2.45, 2.75) is 6.54 Å². The molecule has 3 rings (SSSR count). The van der Waals surface area contributed by atoms with Crippen molar-refractivity contribution in [3.05, 3.63) is 41.8 Å². The second kappa shape index (κ2) is 4.63. The van der Waals surface area contributed by atoms with Crippen molar-refractivity contribution in [3.63, 3.8) is 0 Å². The summed E-state index contributed by atoms with van der Waals surface area (Å²) in [6.45, 7) is 2.83.